The van der Waals surface area contributed by atoms with E-state index in [1.807, 2.05) is 103 Å². The first-order valence-corrected chi connectivity index (χ1v) is 13.2. The van der Waals surface area contributed by atoms with Gasteiger partial charge in [0.25, 0.3) is 0 Å². The highest BCUT2D eigenvalue weighted by Crippen LogP contribution is 2.46. The maximum absolute atomic E-state index is 13.6. The van der Waals surface area contributed by atoms with Gasteiger partial charge in [0.15, 0.2) is 11.6 Å². The van der Waals surface area contributed by atoms with Crippen LogP contribution in [0.3, 0.4) is 0 Å². The average molecular weight is 515 g/mol. The lowest BCUT2D eigenvalue weighted by atomic mass is 9.73. The van der Waals surface area contributed by atoms with E-state index in [-0.39, 0.29) is 23.0 Å². The summed E-state index contributed by atoms with van der Waals surface area (Å²) in [5.41, 5.74) is 5.24. The minimum absolute atomic E-state index is 0.0407. The second kappa shape index (κ2) is 9.91. The number of carbonyl (C=O) groups excluding carboxylic acids is 2. The van der Waals surface area contributed by atoms with Crippen molar-refractivity contribution >= 4 is 22.9 Å². The third-order valence-corrected chi connectivity index (χ3v) is 7.28. The fraction of sp³-hybridized carbons (Fsp3) is 0.176. The molecule has 4 aromatic rings. The molecule has 0 saturated heterocycles. The van der Waals surface area contributed by atoms with Crippen molar-refractivity contribution in [1.82, 2.24) is 0 Å². The number of hydrogen-bond acceptors (Lipinski definition) is 5. The van der Waals surface area contributed by atoms with Crippen molar-refractivity contribution in [3.05, 3.63) is 131 Å². The molecule has 1 heterocycles. The Morgan fingerprint density at radius 1 is 0.769 bits per heavy atom. The number of carbonyl (C=O) groups is 2. The van der Waals surface area contributed by atoms with E-state index in [0.29, 0.717) is 23.3 Å². The van der Waals surface area contributed by atoms with E-state index >= 15 is 0 Å². The number of fused-ring (bicyclic) bond motifs is 1. The average Bonchev–Trinajstić information content (AvgIpc) is 3.09. The number of ketones is 2. The van der Waals surface area contributed by atoms with Gasteiger partial charge < -0.3 is 15.4 Å². The van der Waals surface area contributed by atoms with Gasteiger partial charge in [-0.3, -0.25) is 9.59 Å². The van der Waals surface area contributed by atoms with Crippen LogP contribution >= 0.6 is 0 Å². The summed E-state index contributed by atoms with van der Waals surface area (Å²) in [6, 6.07) is 32.1. The zero-order valence-corrected chi connectivity index (χ0v) is 22.0. The maximum Gasteiger partial charge on any atom is 0.193 e. The Morgan fingerprint density at radius 2 is 1.49 bits per heavy atom. The van der Waals surface area contributed by atoms with E-state index in [0.717, 1.165) is 40.4 Å². The Bertz CT molecular complexity index is 1590. The van der Waals surface area contributed by atoms with Crippen LogP contribution in [0.4, 0.5) is 11.4 Å². The molecule has 4 aromatic carbocycles. The molecule has 0 aromatic heterocycles. The van der Waals surface area contributed by atoms with Gasteiger partial charge in [0.1, 0.15) is 11.5 Å². The first-order valence-electron chi connectivity index (χ1n) is 13.2. The molecule has 5 heteroatoms. The number of benzene rings is 4. The molecule has 0 bridgehead atoms. The number of nitrogens with one attached hydrogen (secondary N) is 2. The minimum atomic E-state index is -0.368. The predicted molar refractivity (Wildman–Crippen MR) is 154 cm³/mol. The molecule has 0 saturated carbocycles. The Kier molecular flexibility index (Phi) is 6.27. The predicted octanol–water partition coefficient (Wildman–Crippen LogP) is 7.93. The number of rotatable bonds is 5. The molecule has 194 valence electrons. The molecule has 39 heavy (non-hydrogen) atoms. The van der Waals surface area contributed by atoms with Crippen molar-refractivity contribution in [3.8, 4) is 11.5 Å². The van der Waals surface area contributed by atoms with Crippen LogP contribution in [0.15, 0.2) is 114 Å². The number of para-hydroxylation sites is 1. The highest BCUT2D eigenvalue weighted by molar-refractivity contribution is 6.10. The van der Waals surface area contributed by atoms with Gasteiger partial charge in [0.2, 0.25) is 0 Å². The Balaban J connectivity index is 1.41. The van der Waals surface area contributed by atoms with Crippen LogP contribution in [0.5, 0.6) is 11.5 Å². The highest BCUT2D eigenvalue weighted by Gasteiger charge is 2.39. The van der Waals surface area contributed by atoms with Crippen molar-refractivity contribution in [1.29, 1.82) is 0 Å². The Hall–Kier alpha value is -4.64. The van der Waals surface area contributed by atoms with Crippen molar-refractivity contribution in [2.24, 2.45) is 5.41 Å². The number of Topliss-reactive ketones (excluding diaryl/α,β-unsaturated/α-hetero) is 1. The topological polar surface area (TPSA) is 67.4 Å². The van der Waals surface area contributed by atoms with E-state index in [1.165, 1.54) is 0 Å². The number of hydrogen-bond donors (Lipinski definition) is 2. The minimum Gasteiger partial charge on any atom is -0.457 e. The molecule has 0 unspecified atom stereocenters. The standard InChI is InChI=1S/C34H30N2O3/c1-34(2)20-29-31(30(37)21-34)32(23-12-9-15-26(18-23)39-25-13-7-4-8-14-25)36-27-17-16-24(19-28(27)35-29)33(38)22-10-5-3-6-11-22/h3-19,32,35-36H,20-21H2,1-2H3/t32-/m0/s1. The van der Waals surface area contributed by atoms with Gasteiger partial charge in [-0.1, -0.05) is 74.5 Å². The van der Waals surface area contributed by atoms with Crippen molar-refractivity contribution < 1.29 is 14.3 Å². The fourth-order valence-electron chi connectivity index (χ4n) is 5.47. The lowest BCUT2D eigenvalue weighted by Gasteiger charge is -2.34. The first kappa shape index (κ1) is 24.7. The SMILES string of the molecule is CC1(C)CC(=O)C2=C(C1)Nc1cc(C(=O)c3ccccc3)ccc1N[C@H]2c1cccc(Oc2ccccc2)c1. The van der Waals surface area contributed by atoms with Crippen LogP contribution in [0.1, 0.15) is 54.2 Å². The molecular formula is C34H30N2O3. The quantitative estimate of drug-likeness (QED) is 0.265. The largest absolute Gasteiger partial charge is 0.457 e. The summed E-state index contributed by atoms with van der Waals surface area (Å²) in [5, 5.41) is 7.18. The third-order valence-electron chi connectivity index (χ3n) is 7.28. The van der Waals surface area contributed by atoms with Crippen LogP contribution in [0.2, 0.25) is 0 Å². The third kappa shape index (κ3) is 5.08. The summed E-state index contributed by atoms with van der Waals surface area (Å²) >= 11 is 0. The van der Waals surface area contributed by atoms with Gasteiger partial charge in [-0.2, -0.15) is 0 Å². The molecule has 1 atom stereocenters. The van der Waals surface area contributed by atoms with Gasteiger partial charge in [0.05, 0.1) is 17.4 Å². The van der Waals surface area contributed by atoms with E-state index in [2.05, 4.69) is 24.5 Å². The molecule has 2 N–H and O–H groups in total. The van der Waals surface area contributed by atoms with Gasteiger partial charge in [-0.25, -0.2) is 0 Å². The van der Waals surface area contributed by atoms with Gasteiger partial charge in [-0.15, -0.1) is 0 Å². The van der Waals surface area contributed by atoms with Gasteiger partial charge >= 0.3 is 0 Å². The van der Waals surface area contributed by atoms with Crippen LogP contribution in [0, 0.1) is 5.41 Å². The summed E-state index contributed by atoms with van der Waals surface area (Å²) < 4.78 is 6.11. The second-order valence-corrected chi connectivity index (χ2v) is 11.0. The monoisotopic (exact) mass is 514 g/mol. The number of ether oxygens (including phenoxy) is 1. The van der Waals surface area contributed by atoms with Crippen LogP contribution < -0.4 is 15.4 Å². The Morgan fingerprint density at radius 3 is 2.26 bits per heavy atom. The van der Waals surface area contributed by atoms with E-state index in [9.17, 15) is 9.59 Å². The molecule has 0 radical (unpaired) electrons. The zero-order valence-electron chi connectivity index (χ0n) is 22.0. The number of anilines is 2. The second-order valence-electron chi connectivity index (χ2n) is 11.0. The number of allylic oxidation sites excluding steroid dienone is 1. The molecule has 1 aliphatic carbocycles. The summed E-state index contributed by atoms with van der Waals surface area (Å²) in [5.74, 6) is 1.53. The van der Waals surface area contributed by atoms with Gasteiger partial charge in [0, 0.05) is 28.8 Å². The summed E-state index contributed by atoms with van der Waals surface area (Å²) in [6.45, 7) is 4.24. The molecule has 0 fully saturated rings. The Labute approximate surface area is 228 Å². The smallest absolute Gasteiger partial charge is 0.193 e. The van der Waals surface area contributed by atoms with Crippen molar-refractivity contribution in [2.75, 3.05) is 10.6 Å². The van der Waals surface area contributed by atoms with E-state index < -0.39 is 0 Å². The van der Waals surface area contributed by atoms with Crippen molar-refractivity contribution in [3.63, 3.8) is 0 Å². The maximum atomic E-state index is 13.6. The lowest BCUT2D eigenvalue weighted by molar-refractivity contribution is -0.118. The molecule has 5 nitrogen and oxygen atoms in total. The normalized spacial score (nSPS) is 17.7. The summed E-state index contributed by atoms with van der Waals surface area (Å²) in [6.07, 6.45) is 1.20. The molecule has 6 rings (SSSR count). The van der Waals surface area contributed by atoms with Gasteiger partial charge in [-0.05, 0) is 59.9 Å². The van der Waals surface area contributed by atoms with Crippen LogP contribution in [-0.4, -0.2) is 11.6 Å². The zero-order chi connectivity index (χ0) is 27.0. The van der Waals surface area contributed by atoms with Crippen LogP contribution in [0.25, 0.3) is 0 Å². The first-order chi connectivity index (χ1) is 18.9. The summed E-state index contributed by atoms with van der Waals surface area (Å²) in [4.78, 5) is 26.8. The molecule has 0 amide bonds. The summed E-state index contributed by atoms with van der Waals surface area (Å²) in [7, 11) is 0. The van der Waals surface area contributed by atoms with Crippen LogP contribution in [-0.2, 0) is 4.79 Å². The molecular weight excluding hydrogens is 484 g/mol. The fourth-order valence-corrected chi connectivity index (χ4v) is 5.47. The molecule has 0 spiro atoms. The van der Waals surface area contributed by atoms with E-state index in [1.54, 1.807) is 0 Å². The van der Waals surface area contributed by atoms with E-state index in [4.69, 9.17) is 4.74 Å². The molecule has 2 aliphatic rings. The highest BCUT2D eigenvalue weighted by atomic mass is 16.5. The lowest BCUT2D eigenvalue weighted by Crippen LogP contribution is -2.31. The molecule has 1 aliphatic heterocycles. The van der Waals surface area contributed by atoms with Crippen molar-refractivity contribution in [2.45, 2.75) is 32.7 Å².